The Labute approximate surface area is 104 Å². The van der Waals surface area contributed by atoms with Gasteiger partial charge in [0, 0.05) is 17.2 Å². The molecule has 0 aliphatic heterocycles. The average molecular weight is 230 g/mol. The quantitative estimate of drug-likeness (QED) is 0.722. The van der Waals surface area contributed by atoms with Crippen molar-refractivity contribution in [3.8, 4) is 0 Å². The third kappa shape index (κ3) is 2.08. The van der Waals surface area contributed by atoms with Gasteiger partial charge in [-0.3, -0.25) is 0 Å². The summed E-state index contributed by atoms with van der Waals surface area (Å²) in [5.41, 5.74) is 5.20. The molecule has 0 N–H and O–H groups in total. The molecule has 0 saturated carbocycles. The number of nitrogens with zero attached hydrogens (tertiary/aromatic N) is 2. The Morgan fingerprint density at radius 3 is 2.35 bits per heavy atom. The van der Waals surface area contributed by atoms with Crippen molar-refractivity contribution in [3.05, 3.63) is 35.2 Å². The van der Waals surface area contributed by atoms with Crippen molar-refractivity contribution < 1.29 is 0 Å². The van der Waals surface area contributed by atoms with E-state index in [9.17, 15) is 0 Å². The van der Waals surface area contributed by atoms with Crippen LogP contribution in [0.4, 0.5) is 0 Å². The largest absolute Gasteiger partial charge is 0.240 e. The minimum Gasteiger partial charge on any atom is -0.240 e. The Hall–Kier alpha value is -1.31. The van der Waals surface area contributed by atoms with Gasteiger partial charge < -0.3 is 0 Å². The zero-order chi connectivity index (χ0) is 12.8. The fraction of sp³-hybridized carbons (Fsp3) is 0.533. The van der Waals surface area contributed by atoms with Crippen LogP contribution in [0, 0.1) is 6.92 Å². The summed E-state index contributed by atoms with van der Waals surface area (Å²) >= 11 is 0. The maximum Gasteiger partial charge on any atom is 0.0723 e. The molecular weight excluding hydrogens is 208 g/mol. The summed E-state index contributed by atoms with van der Waals surface area (Å²) in [6, 6.07) is 4.35. The van der Waals surface area contributed by atoms with Gasteiger partial charge in [0.2, 0.25) is 0 Å². The topological polar surface area (TPSA) is 17.3 Å². The highest BCUT2D eigenvalue weighted by Crippen LogP contribution is 2.32. The van der Waals surface area contributed by atoms with Crippen molar-refractivity contribution in [2.75, 3.05) is 0 Å². The van der Waals surface area contributed by atoms with Crippen LogP contribution in [0.25, 0.3) is 5.52 Å². The van der Waals surface area contributed by atoms with Gasteiger partial charge in [-0.25, -0.2) is 4.52 Å². The van der Waals surface area contributed by atoms with Crippen LogP contribution in [0.1, 0.15) is 57.4 Å². The maximum absolute atomic E-state index is 4.78. The summed E-state index contributed by atoms with van der Waals surface area (Å²) in [4.78, 5) is 0. The number of rotatable bonds is 1. The van der Waals surface area contributed by atoms with Crippen molar-refractivity contribution in [2.24, 2.45) is 0 Å². The summed E-state index contributed by atoms with van der Waals surface area (Å²) in [5, 5.41) is 4.78. The minimum atomic E-state index is 0.0968. The summed E-state index contributed by atoms with van der Waals surface area (Å²) in [5.74, 6) is 0.504. The van der Waals surface area contributed by atoms with E-state index >= 15 is 0 Å². The Morgan fingerprint density at radius 1 is 1.18 bits per heavy atom. The summed E-state index contributed by atoms with van der Waals surface area (Å²) in [6.07, 6.45) is 2.11. The van der Waals surface area contributed by atoms with E-state index in [-0.39, 0.29) is 5.41 Å². The monoisotopic (exact) mass is 230 g/mol. The van der Waals surface area contributed by atoms with Crippen LogP contribution >= 0.6 is 0 Å². The molecule has 92 valence electrons. The molecule has 0 unspecified atom stereocenters. The van der Waals surface area contributed by atoms with Crippen molar-refractivity contribution >= 4 is 5.52 Å². The lowest BCUT2D eigenvalue weighted by Crippen LogP contribution is -2.15. The fourth-order valence-electron chi connectivity index (χ4n) is 2.29. The molecule has 0 saturated heterocycles. The molecule has 17 heavy (non-hydrogen) atoms. The third-order valence-corrected chi connectivity index (χ3v) is 3.10. The van der Waals surface area contributed by atoms with Crippen molar-refractivity contribution in [3.63, 3.8) is 0 Å². The van der Waals surface area contributed by atoms with E-state index in [0.29, 0.717) is 5.92 Å². The van der Waals surface area contributed by atoms with E-state index in [1.807, 2.05) is 4.52 Å². The van der Waals surface area contributed by atoms with Crippen LogP contribution in [0.2, 0.25) is 0 Å². The molecule has 2 heteroatoms. The highest BCUT2D eigenvalue weighted by Gasteiger charge is 2.25. The number of pyridine rings is 1. The Morgan fingerprint density at radius 2 is 1.82 bits per heavy atom. The lowest BCUT2D eigenvalue weighted by Gasteiger charge is -2.18. The lowest BCUT2D eigenvalue weighted by molar-refractivity contribution is 0.552. The summed E-state index contributed by atoms with van der Waals surface area (Å²) in [6.45, 7) is 13.3. The van der Waals surface area contributed by atoms with Gasteiger partial charge >= 0.3 is 0 Å². The van der Waals surface area contributed by atoms with Crippen LogP contribution in [-0.4, -0.2) is 9.61 Å². The van der Waals surface area contributed by atoms with E-state index < -0.39 is 0 Å². The molecular formula is C15H22N2. The SMILES string of the molecule is Cc1ccc2c(C(C)C)c(C(C)(C)C)nn2c1. The van der Waals surface area contributed by atoms with Crippen LogP contribution in [0.3, 0.4) is 0 Å². The highest BCUT2D eigenvalue weighted by molar-refractivity contribution is 5.59. The summed E-state index contributed by atoms with van der Waals surface area (Å²) < 4.78 is 2.03. The molecule has 2 rings (SSSR count). The molecule has 0 spiro atoms. The standard InChI is InChI=1S/C15H22N2/c1-10(2)13-12-8-7-11(3)9-17(12)16-14(13)15(4,5)6/h7-10H,1-6H3. The van der Waals surface area contributed by atoms with Crippen LogP contribution in [-0.2, 0) is 5.41 Å². The summed E-state index contributed by atoms with van der Waals surface area (Å²) in [7, 11) is 0. The van der Waals surface area contributed by atoms with E-state index in [1.165, 1.54) is 22.3 Å². The second-order valence-electron chi connectivity index (χ2n) is 6.20. The van der Waals surface area contributed by atoms with Crippen molar-refractivity contribution in [2.45, 2.75) is 52.9 Å². The number of aryl methyl sites for hydroxylation is 1. The molecule has 2 aromatic heterocycles. The van der Waals surface area contributed by atoms with Gasteiger partial charge in [0.25, 0.3) is 0 Å². The number of hydrogen-bond donors (Lipinski definition) is 0. The molecule has 0 amide bonds. The molecule has 0 aliphatic rings. The van der Waals surface area contributed by atoms with Gasteiger partial charge in [-0.1, -0.05) is 40.7 Å². The van der Waals surface area contributed by atoms with Gasteiger partial charge in [-0.15, -0.1) is 0 Å². The van der Waals surface area contributed by atoms with Crippen LogP contribution in [0.5, 0.6) is 0 Å². The Bertz CT molecular complexity index is 542. The van der Waals surface area contributed by atoms with Crippen molar-refractivity contribution in [1.82, 2.24) is 9.61 Å². The zero-order valence-corrected chi connectivity index (χ0v) is 11.7. The Balaban J connectivity index is 2.80. The predicted octanol–water partition coefficient (Wildman–Crippen LogP) is 4.06. The molecule has 2 aromatic rings. The number of hydrogen-bond acceptors (Lipinski definition) is 1. The van der Waals surface area contributed by atoms with E-state index in [0.717, 1.165) is 0 Å². The fourth-order valence-corrected chi connectivity index (χ4v) is 2.29. The second kappa shape index (κ2) is 3.86. The van der Waals surface area contributed by atoms with Gasteiger partial charge in [-0.2, -0.15) is 5.10 Å². The number of fused-ring (bicyclic) bond motifs is 1. The van der Waals surface area contributed by atoms with Crippen LogP contribution in [0.15, 0.2) is 18.3 Å². The lowest BCUT2D eigenvalue weighted by atomic mass is 9.85. The molecule has 0 bridgehead atoms. The van der Waals surface area contributed by atoms with E-state index in [1.54, 1.807) is 0 Å². The maximum atomic E-state index is 4.78. The molecule has 0 aromatic carbocycles. The van der Waals surface area contributed by atoms with E-state index in [4.69, 9.17) is 5.10 Å². The third-order valence-electron chi connectivity index (χ3n) is 3.10. The second-order valence-corrected chi connectivity index (χ2v) is 6.20. The highest BCUT2D eigenvalue weighted by atomic mass is 15.2. The first kappa shape index (κ1) is 12.2. The molecule has 0 radical (unpaired) electrons. The number of aromatic nitrogens is 2. The van der Waals surface area contributed by atoms with Crippen molar-refractivity contribution in [1.29, 1.82) is 0 Å². The first-order valence-electron chi connectivity index (χ1n) is 6.30. The Kier molecular flexibility index (Phi) is 2.76. The van der Waals surface area contributed by atoms with Gasteiger partial charge in [0.15, 0.2) is 0 Å². The zero-order valence-electron chi connectivity index (χ0n) is 11.7. The predicted molar refractivity (Wildman–Crippen MR) is 72.7 cm³/mol. The van der Waals surface area contributed by atoms with Gasteiger partial charge in [0.1, 0.15) is 0 Å². The first-order chi connectivity index (χ1) is 7.80. The molecule has 0 atom stereocenters. The normalized spacial score (nSPS) is 12.6. The molecule has 2 heterocycles. The van der Waals surface area contributed by atoms with Crippen LogP contribution < -0.4 is 0 Å². The average Bonchev–Trinajstić information content (AvgIpc) is 2.55. The van der Waals surface area contributed by atoms with E-state index in [2.05, 4.69) is 59.9 Å². The molecule has 0 fully saturated rings. The first-order valence-corrected chi connectivity index (χ1v) is 6.30. The van der Waals surface area contributed by atoms with Gasteiger partial charge in [-0.05, 0) is 24.5 Å². The molecule has 0 aliphatic carbocycles. The molecule has 2 nitrogen and oxygen atoms in total. The van der Waals surface area contributed by atoms with Gasteiger partial charge in [0.05, 0.1) is 11.2 Å². The minimum absolute atomic E-state index is 0.0968. The smallest absolute Gasteiger partial charge is 0.0723 e.